The standard InChI is InChI=1S/C35H30N2O7S/c1-4-12-26-21-25(23-31(43-5-2)32(26)44-45(41,42)29-19-17-24(3)18-20-29)22-30-33(38)36(27-13-8-6-9-14-27)35(40)37(34(30)39)28-15-10-7-11-16-28/h4,6-11,13-23H,1,5,12H2,2-3H3. The SMILES string of the molecule is C=CCc1cc(C=C2C(=O)N(c3ccccc3)C(=O)N(c3ccccc3)C2=O)cc(OCC)c1OS(=O)(=O)c1ccc(C)cc1. The van der Waals surface area contributed by atoms with Crippen molar-refractivity contribution in [1.82, 2.24) is 0 Å². The molecule has 0 spiro atoms. The number of para-hydroxylation sites is 2. The zero-order chi connectivity index (χ0) is 32.1. The highest BCUT2D eigenvalue weighted by atomic mass is 32.2. The number of carbonyl (C=O) groups is 3. The van der Waals surface area contributed by atoms with Crippen molar-refractivity contribution in [3.8, 4) is 11.5 Å². The topological polar surface area (TPSA) is 110 Å². The van der Waals surface area contributed by atoms with Crippen LogP contribution in [0, 0.1) is 6.92 Å². The van der Waals surface area contributed by atoms with E-state index < -0.39 is 28.0 Å². The van der Waals surface area contributed by atoms with Crippen LogP contribution in [0.2, 0.25) is 0 Å². The molecule has 10 heteroatoms. The second-order valence-electron chi connectivity index (χ2n) is 10.1. The van der Waals surface area contributed by atoms with Gasteiger partial charge in [0.25, 0.3) is 11.8 Å². The zero-order valence-electron chi connectivity index (χ0n) is 24.7. The Morgan fingerprint density at radius 1 is 0.800 bits per heavy atom. The minimum atomic E-state index is -4.24. The Morgan fingerprint density at radius 2 is 1.36 bits per heavy atom. The number of urea groups is 1. The lowest BCUT2D eigenvalue weighted by atomic mass is 10.0. The lowest BCUT2D eigenvalue weighted by Gasteiger charge is -2.34. The van der Waals surface area contributed by atoms with E-state index in [0.717, 1.165) is 15.4 Å². The Bertz CT molecular complexity index is 1840. The molecule has 4 aromatic carbocycles. The predicted octanol–water partition coefficient (Wildman–Crippen LogP) is 6.47. The molecule has 1 fully saturated rings. The summed E-state index contributed by atoms with van der Waals surface area (Å²) in [5.41, 5.74) is 1.93. The number of anilines is 2. The summed E-state index contributed by atoms with van der Waals surface area (Å²) in [6.45, 7) is 7.52. The highest BCUT2D eigenvalue weighted by Gasteiger charge is 2.43. The maximum absolute atomic E-state index is 13.8. The third kappa shape index (κ3) is 6.41. The smallest absolute Gasteiger partial charge is 0.343 e. The van der Waals surface area contributed by atoms with Gasteiger partial charge in [0.1, 0.15) is 10.5 Å². The van der Waals surface area contributed by atoms with Crippen molar-refractivity contribution >= 4 is 45.4 Å². The molecule has 5 rings (SSSR count). The number of barbiturate groups is 1. The fraction of sp³-hybridized carbons (Fsp3) is 0.114. The van der Waals surface area contributed by atoms with Gasteiger partial charge in [0.2, 0.25) is 0 Å². The van der Waals surface area contributed by atoms with Crippen LogP contribution in [0.15, 0.2) is 120 Å². The summed E-state index contributed by atoms with van der Waals surface area (Å²) in [5, 5.41) is 0. The van der Waals surface area contributed by atoms with Crippen molar-refractivity contribution in [2.24, 2.45) is 0 Å². The fourth-order valence-electron chi connectivity index (χ4n) is 4.80. The van der Waals surface area contributed by atoms with E-state index in [-0.39, 0.29) is 35.0 Å². The van der Waals surface area contributed by atoms with E-state index in [4.69, 9.17) is 8.92 Å². The van der Waals surface area contributed by atoms with Crippen LogP contribution in [0.1, 0.15) is 23.6 Å². The third-order valence-electron chi connectivity index (χ3n) is 6.91. The number of benzene rings is 4. The normalized spacial score (nSPS) is 13.6. The summed E-state index contributed by atoms with van der Waals surface area (Å²) in [6, 6.07) is 25.1. The number of nitrogens with zero attached hydrogens (tertiary/aromatic N) is 2. The minimum absolute atomic E-state index is 0.0311. The van der Waals surface area contributed by atoms with Gasteiger partial charge in [-0.1, -0.05) is 60.2 Å². The average Bonchev–Trinajstić information content (AvgIpc) is 3.02. The molecule has 1 aliphatic rings. The predicted molar refractivity (Wildman–Crippen MR) is 172 cm³/mol. The zero-order valence-corrected chi connectivity index (χ0v) is 25.5. The van der Waals surface area contributed by atoms with Crippen molar-refractivity contribution in [3.63, 3.8) is 0 Å². The summed E-state index contributed by atoms with van der Waals surface area (Å²) < 4.78 is 37.9. The van der Waals surface area contributed by atoms with Gasteiger partial charge in [-0.05, 0) is 80.4 Å². The van der Waals surface area contributed by atoms with Crippen LogP contribution in [0.3, 0.4) is 0 Å². The molecular weight excluding hydrogens is 592 g/mol. The van der Waals surface area contributed by atoms with E-state index in [1.807, 2.05) is 6.92 Å². The van der Waals surface area contributed by atoms with Gasteiger partial charge in [-0.15, -0.1) is 6.58 Å². The van der Waals surface area contributed by atoms with Gasteiger partial charge in [0.05, 0.1) is 18.0 Å². The summed E-state index contributed by atoms with van der Waals surface area (Å²) in [6.07, 6.45) is 3.11. The first-order valence-electron chi connectivity index (χ1n) is 14.1. The van der Waals surface area contributed by atoms with Crippen LogP contribution in [0.5, 0.6) is 11.5 Å². The number of allylic oxidation sites excluding steroid dienone is 1. The summed E-state index contributed by atoms with van der Waals surface area (Å²) in [7, 11) is -4.24. The van der Waals surface area contributed by atoms with Crippen LogP contribution in [0.25, 0.3) is 6.08 Å². The second kappa shape index (κ2) is 13.0. The maximum Gasteiger partial charge on any atom is 0.343 e. The number of ether oxygens (including phenoxy) is 1. The van der Waals surface area contributed by atoms with E-state index in [0.29, 0.717) is 22.5 Å². The highest BCUT2D eigenvalue weighted by Crippen LogP contribution is 2.38. The lowest BCUT2D eigenvalue weighted by Crippen LogP contribution is -2.57. The monoisotopic (exact) mass is 622 g/mol. The van der Waals surface area contributed by atoms with Crippen LogP contribution in [0.4, 0.5) is 16.2 Å². The molecule has 0 N–H and O–H groups in total. The molecule has 4 amide bonds. The van der Waals surface area contributed by atoms with Crippen LogP contribution in [-0.4, -0.2) is 32.9 Å². The van der Waals surface area contributed by atoms with Gasteiger partial charge in [-0.25, -0.2) is 14.6 Å². The van der Waals surface area contributed by atoms with Gasteiger partial charge in [-0.3, -0.25) is 9.59 Å². The van der Waals surface area contributed by atoms with Gasteiger partial charge >= 0.3 is 16.1 Å². The minimum Gasteiger partial charge on any atom is -0.490 e. The number of aryl methyl sites for hydroxylation is 1. The molecule has 9 nitrogen and oxygen atoms in total. The van der Waals surface area contributed by atoms with Crippen LogP contribution in [-0.2, 0) is 26.1 Å². The largest absolute Gasteiger partial charge is 0.490 e. The van der Waals surface area contributed by atoms with E-state index in [1.54, 1.807) is 91.9 Å². The molecule has 1 saturated heterocycles. The van der Waals surface area contributed by atoms with Gasteiger partial charge in [0.15, 0.2) is 11.5 Å². The molecule has 4 aromatic rings. The van der Waals surface area contributed by atoms with Crippen LogP contribution < -0.4 is 18.7 Å². The molecule has 0 saturated carbocycles. The molecule has 1 aliphatic heterocycles. The summed E-state index contributed by atoms with van der Waals surface area (Å²) in [4.78, 5) is 43.1. The first kappa shape index (κ1) is 31.0. The average molecular weight is 623 g/mol. The molecule has 0 bridgehead atoms. The Morgan fingerprint density at radius 3 is 1.87 bits per heavy atom. The second-order valence-corrected chi connectivity index (χ2v) is 11.6. The summed E-state index contributed by atoms with van der Waals surface area (Å²) in [5.74, 6) is -1.57. The number of carbonyl (C=O) groups excluding carboxylic acids is 3. The molecular formula is C35H30N2O7S. The first-order valence-corrected chi connectivity index (χ1v) is 15.5. The van der Waals surface area contributed by atoms with E-state index >= 15 is 0 Å². The molecule has 1 heterocycles. The number of hydrogen-bond donors (Lipinski definition) is 0. The van der Waals surface area contributed by atoms with E-state index in [2.05, 4.69) is 6.58 Å². The molecule has 0 radical (unpaired) electrons. The Hall–Kier alpha value is -5.48. The quantitative estimate of drug-likeness (QED) is 0.0863. The van der Waals surface area contributed by atoms with Crippen molar-refractivity contribution in [2.45, 2.75) is 25.2 Å². The van der Waals surface area contributed by atoms with Gasteiger partial charge < -0.3 is 8.92 Å². The number of rotatable bonds is 10. The molecule has 45 heavy (non-hydrogen) atoms. The number of hydrogen-bond acceptors (Lipinski definition) is 7. The number of amides is 4. The molecule has 0 atom stereocenters. The van der Waals surface area contributed by atoms with Gasteiger partial charge in [0, 0.05) is 5.56 Å². The van der Waals surface area contributed by atoms with Crippen molar-refractivity contribution in [1.29, 1.82) is 0 Å². The Balaban J connectivity index is 1.64. The molecule has 228 valence electrons. The molecule has 0 aromatic heterocycles. The van der Waals surface area contributed by atoms with Crippen LogP contribution >= 0.6 is 0 Å². The van der Waals surface area contributed by atoms with Crippen molar-refractivity contribution < 1.29 is 31.7 Å². The van der Waals surface area contributed by atoms with Gasteiger partial charge in [-0.2, -0.15) is 8.42 Å². The van der Waals surface area contributed by atoms with Crippen molar-refractivity contribution in [3.05, 3.63) is 132 Å². The maximum atomic E-state index is 13.8. The van der Waals surface area contributed by atoms with Crippen molar-refractivity contribution in [2.75, 3.05) is 16.4 Å². The molecule has 0 unspecified atom stereocenters. The van der Waals surface area contributed by atoms with E-state index in [1.165, 1.54) is 24.3 Å². The fourth-order valence-corrected chi connectivity index (χ4v) is 5.77. The highest BCUT2D eigenvalue weighted by molar-refractivity contribution is 7.87. The lowest BCUT2D eigenvalue weighted by molar-refractivity contribution is -0.121. The number of imide groups is 2. The Labute approximate surface area is 261 Å². The molecule has 0 aliphatic carbocycles. The Kier molecular flexibility index (Phi) is 8.96. The first-order chi connectivity index (χ1) is 21.6. The summed E-state index contributed by atoms with van der Waals surface area (Å²) >= 11 is 0. The van der Waals surface area contributed by atoms with E-state index in [9.17, 15) is 22.8 Å². The third-order valence-corrected chi connectivity index (χ3v) is 8.15.